The number of aryl methyl sites for hydroxylation is 2. The van der Waals surface area contributed by atoms with E-state index in [1.54, 1.807) is 42.4 Å². The molecule has 1 aliphatic rings. The van der Waals surface area contributed by atoms with Gasteiger partial charge in [0.2, 0.25) is 0 Å². The highest BCUT2D eigenvalue weighted by molar-refractivity contribution is 6.01. The second-order valence-electron chi connectivity index (χ2n) is 9.43. The van der Waals surface area contributed by atoms with Crippen molar-refractivity contribution in [3.05, 3.63) is 93.8 Å². The van der Waals surface area contributed by atoms with Gasteiger partial charge in [0, 0.05) is 36.7 Å². The number of fused-ring (bicyclic) bond motifs is 2. The van der Waals surface area contributed by atoms with Gasteiger partial charge in [-0.3, -0.25) is 9.59 Å². The number of amides is 1. The number of pyridine rings is 1. The highest BCUT2D eigenvalue weighted by Crippen LogP contribution is 2.37. The molecule has 6 rings (SSSR count). The predicted molar refractivity (Wildman–Crippen MR) is 139 cm³/mol. The Morgan fingerprint density at radius 3 is 2.81 bits per heavy atom. The average Bonchev–Trinajstić information content (AvgIpc) is 3.54. The van der Waals surface area contributed by atoms with Gasteiger partial charge in [-0.05, 0) is 56.2 Å². The van der Waals surface area contributed by atoms with Crippen LogP contribution in [0.1, 0.15) is 64.9 Å². The largest absolute Gasteiger partial charge is 0.344 e. The smallest absolute Gasteiger partial charge is 0.260 e. The normalized spacial score (nSPS) is 13.9. The first kappa shape index (κ1) is 22.7. The summed E-state index contributed by atoms with van der Waals surface area (Å²) in [5.41, 5.74) is 3.66. The van der Waals surface area contributed by atoms with Crippen molar-refractivity contribution in [3.8, 4) is 11.8 Å². The third-order valence-electron chi connectivity index (χ3n) is 6.75. The van der Waals surface area contributed by atoms with E-state index in [-0.39, 0.29) is 17.5 Å². The zero-order chi connectivity index (χ0) is 25.7. The van der Waals surface area contributed by atoms with E-state index >= 15 is 0 Å². The maximum atomic E-state index is 13.9. The van der Waals surface area contributed by atoms with Crippen LogP contribution in [-0.4, -0.2) is 34.6 Å². The molecule has 9 nitrogen and oxygen atoms in total. The Labute approximate surface area is 212 Å². The number of imidazole rings is 1. The fourth-order valence-corrected chi connectivity index (χ4v) is 4.76. The molecule has 1 aliphatic carbocycles. The highest BCUT2D eigenvalue weighted by Gasteiger charge is 2.30. The molecular weight excluding hydrogens is 466 g/mol. The van der Waals surface area contributed by atoms with Crippen molar-refractivity contribution in [2.24, 2.45) is 7.05 Å². The summed E-state index contributed by atoms with van der Waals surface area (Å²) < 4.78 is 5.27. The van der Waals surface area contributed by atoms with Crippen LogP contribution < -0.4 is 10.9 Å². The zero-order valence-corrected chi connectivity index (χ0v) is 20.8. The van der Waals surface area contributed by atoms with E-state index in [2.05, 4.69) is 32.2 Å². The second-order valence-corrected chi connectivity index (χ2v) is 9.43. The number of aromatic nitrogens is 6. The molecule has 0 bridgehead atoms. The fraction of sp³-hybridized carbons (Fsp3) is 0.250. The van der Waals surface area contributed by atoms with E-state index in [4.69, 9.17) is 0 Å². The van der Waals surface area contributed by atoms with Gasteiger partial charge in [-0.2, -0.15) is 5.10 Å². The number of carbonyl (C=O) groups excluding carboxylic acids is 1. The molecule has 4 aromatic heterocycles. The van der Waals surface area contributed by atoms with Crippen molar-refractivity contribution in [2.75, 3.05) is 0 Å². The molecule has 4 heterocycles. The summed E-state index contributed by atoms with van der Waals surface area (Å²) in [6.45, 7) is 3.69. The first-order chi connectivity index (χ1) is 17.9. The van der Waals surface area contributed by atoms with E-state index in [1.807, 2.05) is 47.4 Å². The van der Waals surface area contributed by atoms with Crippen molar-refractivity contribution in [1.29, 1.82) is 0 Å². The lowest BCUT2D eigenvalue weighted by Gasteiger charge is -2.21. The molecule has 0 aliphatic heterocycles. The Bertz CT molecular complexity index is 1810. The summed E-state index contributed by atoms with van der Waals surface area (Å²) in [7, 11) is 1.88. The molecule has 0 unspecified atom stereocenters. The van der Waals surface area contributed by atoms with Crippen LogP contribution in [0.15, 0.2) is 60.0 Å². The zero-order valence-electron chi connectivity index (χ0n) is 20.8. The quantitative estimate of drug-likeness (QED) is 0.389. The van der Waals surface area contributed by atoms with Crippen LogP contribution in [0.2, 0.25) is 0 Å². The molecule has 9 heteroatoms. The number of hydrogen-bond donors (Lipinski definition) is 1. The summed E-state index contributed by atoms with van der Waals surface area (Å²) in [4.78, 5) is 35.6. The van der Waals surface area contributed by atoms with Gasteiger partial charge in [-0.15, -0.1) is 0 Å². The number of nitrogens with one attached hydrogen (secondary N) is 1. The van der Waals surface area contributed by atoms with Gasteiger partial charge in [-0.1, -0.05) is 18.1 Å². The molecule has 5 aromatic rings. The minimum absolute atomic E-state index is 0.0835. The van der Waals surface area contributed by atoms with Crippen LogP contribution in [0.3, 0.4) is 0 Å². The Kier molecular flexibility index (Phi) is 5.37. The summed E-state index contributed by atoms with van der Waals surface area (Å²) in [5, 5.41) is 8.86. The van der Waals surface area contributed by atoms with Gasteiger partial charge in [0.1, 0.15) is 11.3 Å². The maximum Gasteiger partial charge on any atom is 0.260 e. The number of rotatable bonds is 4. The standard InChI is InChI=1S/C28H25N7O2/c1-17(31-27(36)24-18(2)32-34-13-5-12-30-26(24)34)23-14-20-7-4-6-19(8-9-22-15-29-16-33(22)3)25(20)28(37)35(23)21-10-11-21/h4-7,12-17,21H,10-11H2,1-3H3,(H,31,36)/t17-/m0/s1. The van der Waals surface area contributed by atoms with Gasteiger partial charge < -0.3 is 14.5 Å². The van der Waals surface area contributed by atoms with Crippen molar-refractivity contribution < 1.29 is 4.79 Å². The molecule has 1 saturated carbocycles. The number of hydrogen-bond acceptors (Lipinski definition) is 5. The summed E-state index contributed by atoms with van der Waals surface area (Å²) in [6.07, 6.45) is 8.65. The fourth-order valence-electron chi connectivity index (χ4n) is 4.76. The molecule has 1 amide bonds. The van der Waals surface area contributed by atoms with Gasteiger partial charge in [-0.25, -0.2) is 14.5 Å². The Morgan fingerprint density at radius 2 is 2.05 bits per heavy atom. The first-order valence-corrected chi connectivity index (χ1v) is 12.2. The molecule has 0 saturated heterocycles. The number of benzene rings is 1. The summed E-state index contributed by atoms with van der Waals surface area (Å²) >= 11 is 0. The number of nitrogens with zero attached hydrogens (tertiary/aromatic N) is 6. The molecule has 1 N–H and O–H groups in total. The SMILES string of the molecule is Cc1nn2cccnc2c1C(=O)N[C@@H](C)c1cc2cccc(C#Cc3cncn3C)c2c(=O)n1C1CC1. The maximum absolute atomic E-state index is 13.9. The van der Waals surface area contributed by atoms with Gasteiger partial charge in [0.05, 0.1) is 29.6 Å². The van der Waals surface area contributed by atoms with E-state index < -0.39 is 6.04 Å². The Hall–Kier alpha value is -4.71. The molecule has 37 heavy (non-hydrogen) atoms. The predicted octanol–water partition coefficient (Wildman–Crippen LogP) is 3.31. The van der Waals surface area contributed by atoms with Crippen LogP contribution in [0, 0.1) is 18.8 Å². The molecule has 184 valence electrons. The van der Waals surface area contributed by atoms with Gasteiger partial charge in [0.25, 0.3) is 11.5 Å². The third kappa shape index (κ3) is 3.96. The van der Waals surface area contributed by atoms with E-state index in [0.717, 1.165) is 29.6 Å². The molecular formula is C28H25N7O2. The minimum Gasteiger partial charge on any atom is -0.344 e. The van der Waals surface area contributed by atoms with Crippen LogP contribution >= 0.6 is 0 Å². The average molecular weight is 492 g/mol. The van der Waals surface area contributed by atoms with Crippen molar-refractivity contribution >= 4 is 22.3 Å². The minimum atomic E-state index is -0.410. The van der Waals surface area contributed by atoms with Crippen LogP contribution in [0.5, 0.6) is 0 Å². The molecule has 1 fully saturated rings. The van der Waals surface area contributed by atoms with Crippen molar-refractivity contribution in [3.63, 3.8) is 0 Å². The molecule has 0 radical (unpaired) electrons. The second kappa shape index (κ2) is 8.75. The van der Waals surface area contributed by atoms with E-state index in [0.29, 0.717) is 27.9 Å². The lowest BCUT2D eigenvalue weighted by atomic mass is 10.0. The molecule has 1 atom stereocenters. The number of carbonyl (C=O) groups is 1. The molecule has 1 aromatic carbocycles. The van der Waals surface area contributed by atoms with E-state index in [9.17, 15) is 9.59 Å². The van der Waals surface area contributed by atoms with E-state index in [1.165, 1.54) is 0 Å². The van der Waals surface area contributed by atoms with Crippen molar-refractivity contribution in [2.45, 2.75) is 38.8 Å². The van der Waals surface area contributed by atoms with Crippen molar-refractivity contribution in [1.82, 2.24) is 34.0 Å². The first-order valence-electron chi connectivity index (χ1n) is 12.2. The highest BCUT2D eigenvalue weighted by atomic mass is 16.2. The van der Waals surface area contributed by atoms with Gasteiger partial charge in [0.15, 0.2) is 5.65 Å². The lowest BCUT2D eigenvalue weighted by Crippen LogP contribution is -2.32. The summed E-state index contributed by atoms with van der Waals surface area (Å²) in [6, 6.07) is 9.16. The summed E-state index contributed by atoms with van der Waals surface area (Å²) in [5.74, 6) is 6.02. The Morgan fingerprint density at radius 1 is 1.22 bits per heavy atom. The van der Waals surface area contributed by atoms with Crippen LogP contribution in [0.25, 0.3) is 16.4 Å². The van der Waals surface area contributed by atoms with Gasteiger partial charge >= 0.3 is 0 Å². The van der Waals surface area contributed by atoms with Crippen LogP contribution in [0.4, 0.5) is 0 Å². The van der Waals surface area contributed by atoms with Crippen LogP contribution in [-0.2, 0) is 7.05 Å². The lowest BCUT2D eigenvalue weighted by molar-refractivity contribution is 0.0939. The monoisotopic (exact) mass is 491 g/mol. The Balaban J connectivity index is 1.41. The molecule has 0 spiro atoms. The third-order valence-corrected chi connectivity index (χ3v) is 6.75. The topological polar surface area (TPSA) is 99.1 Å².